The minimum Gasteiger partial charge on any atom is -0.492 e. The summed E-state index contributed by atoms with van der Waals surface area (Å²) in [6.07, 6.45) is 0. The van der Waals surface area contributed by atoms with Crippen molar-refractivity contribution in [1.29, 1.82) is 0 Å². The molecule has 0 bridgehead atoms. The standard InChI is InChI=1S/C14H21BrN2O2/c1-4-17(11-14(18)16(2)3)8-9-19-13-7-5-6-12(15)10-13/h5-7,10H,4,8-9,11H2,1-3H3. The average molecular weight is 329 g/mol. The predicted octanol–water partition coefficient (Wildman–Crippen LogP) is 2.24. The van der Waals surface area contributed by atoms with Gasteiger partial charge in [-0.3, -0.25) is 9.69 Å². The van der Waals surface area contributed by atoms with Crippen LogP contribution in [-0.4, -0.2) is 56.0 Å². The van der Waals surface area contributed by atoms with Gasteiger partial charge in [-0.1, -0.05) is 28.9 Å². The Morgan fingerprint density at radius 3 is 2.68 bits per heavy atom. The number of rotatable bonds is 7. The molecule has 1 rings (SSSR count). The summed E-state index contributed by atoms with van der Waals surface area (Å²) >= 11 is 3.40. The van der Waals surface area contributed by atoms with Gasteiger partial charge in [0.25, 0.3) is 0 Å². The molecule has 0 heterocycles. The monoisotopic (exact) mass is 328 g/mol. The molecule has 0 fully saturated rings. The average Bonchev–Trinajstić information content (AvgIpc) is 2.37. The van der Waals surface area contributed by atoms with Crippen molar-refractivity contribution >= 4 is 21.8 Å². The zero-order chi connectivity index (χ0) is 14.3. The smallest absolute Gasteiger partial charge is 0.236 e. The fraction of sp³-hybridized carbons (Fsp3) is 0.500. The zero-order valence-electron chi connectivity index (χ0n) is 11.7. The molecular formula is C14H21BrN2O2. The van der Waals surface area contributed by atoms with Crippen molar-refractivity contribution in [1.82, 2.24) is 9.80 Å². The number of likely N-dealkylation sites (N-methyl/N-ethyl adjacent to an activating group) is 2. The van der Waals surface area contributed by atoms with E-state index in [0.29, 0.717) is 13.2 Å². The van der Waals surface area contributed by atoms with E-state index in [2.05, 4.69) is 20.8 Å². The first kappa shape index (κ1) is 16.0. The highest BCUT2D eigenvalue weighted by atomic mass is 79.9. The molecule has 0 aromatic heterocycles. The maximum Gasteiger partial charge on any atom is 0.236 e. The van der Waals surface area contributed by atoms with Gasteiger partial charge in [0.15, 0.2) is 0 Å². The van der Waals surface area contributed by atoms with E-state index in [-0.39, 0.29) is 5.91 Å². The van der Waals surface area contributed by atoms with E-state index in [1.165, 1.54) is 0 Å². The summed E-state index contributed by atoms with van der Waals surface area (Å²) in [6, 6.07) is 7.75. The van der Waals surface area contributed by atoms with E-state index < -0.39 is 0 Å². The molecule has 5 heteroatoms. The van der Waals surface area contributed by atoms with Crippen LogP contribution in [0.5, 0.6) is 5.75 Å². The van der Waals surface area contributed by atoms with E-state index >= 15 is 0 Å². The number of amides is 1. The highest BCUT2D eigenvalue weighted by molar-refractivity contribution is 9.10. The van der Waals surface area contributed by atoms with Crippen molar-refractivity contribution in [2.75, 3.05) is 40.3 Å². The van der Waals surface area contributed by atoms with Gasteiger partial charge in [-0.2, -0.15) is 0 Å². The third-order valence-electron chi connectivity index (χ3n) is 2.78. The summed E-state index contributed by atoms with van der Waals surface area (Å²) in [6.45, 7) is 4.63. The van der Waals surface area contributed by atoms with E-state index in [0.717, 1.165) is 23.3 Å². The predicted molar refractivity (Wildman–Crippen MR) is 80.4 cm³/mol. The van der Waals surface area contributed by atoms with Crippen LogP contribution in [0.25, 0.3) is 0 Å². The van der Waals surface area contributed by atoms with Gasteiger partial charge in [0.1, 0.15) is 12.4 Å². The first-order chi connectivity index (χ1) is 9.02. The van der Waals surface area contributed by atoms with Crippen LogP contribution in [-0.2, 0) is 4.79 Å². The third-order valence-corrected chi connectivity index (χ3v) is 3.27. The quantitative estimate of drug-likeness (QED) is 0.769. The van der Waals surface area contributed by atoms with Crippen LogP contribution in [0.2, 0.25) is 0 Å². The van der Waals surface area contributed by atoms with Crippen molar-refractivity contribution in [3.05, 3.63) is 28.7 Å². The molecule has 0 saturated carbocycles. The third kappa shape index (κ3) is 6.07. The SMILES string of the molecule is CCN(CCOc1cccc(Br)c1)CC(=O)N(C)C. The summed E-state index contributed by atoms with van der Waals surface area (Å²) in [5, 5.41) is 0. The van der Waals surface area contributed by atoms with Crippen LogP contribution in [0.15, 0.2) is 28.7 Å². The molecule has 1 aromatic rings. The Balaban J connectivity index is 2.35. The second-order valence-electron chi connectivity index (χ2n) is 4.46. The lowest BCUT2D eigenvalue weighted by atomic mass is 10.3. The van der Waals surface area contributed by atoms with Gasteiger partial charge in [-0.05, 0) is 24.7 Å². The molecule has 0 aliphatic carbocycles. The fourth-order valence-electron chi connectivity index (χ4n) is 1.53. The molecule has 0 N–H and O–H groups in total. The zero-order valence-corrected chi connectivity index (χ0v) is 13.3. The Morgan fingerprint density at radius 1 is 1.37 bits per heavy atom. The van der Waals surface area contributed by atoms with Crippen LogP contribution in [0.3, 0.4) is 0 Å². The lowest BCUT2D eigenvalue weighted by molar-refractivity contribution is -0.129. The minimum atomic E-state index is 0.115. The van der Waals surface area contributed by atoms with Crippen LogP contribution in [0, 0.1) is 0 Å². The Morgan fingerprint density at radius 2 is 2.11 bits per heavy atom. The summed E-state index contributed by atoms with van der Waals surface area (Å²) < 4.78 is 6.66. The van der Waals surface area contributed by atoms with Crippen molar-refractivity contribution in [3.8, 4) is 5.75 Å². The lowest BCUT2D eigenvalue weighted by Gasteiger charge is -2.21. The molecule has 106 valence electrons. The summed E-state index contributed by atoms with van der Waals surface area (Å²) in [5.74, 6) is 0.952. The Labute approximate surface area is 123 Å². The molecule has 0 radical (unpaired) electrons. The second kappa shape index (κ2) is 8.17. The van der Waals surface area contributed by atoms with Gasteiger partial charge in [-0.25, -0.2) is 0 Å². The molecule has 0 unspecified atom stereocenters. The van der Waals surface area contributed by atoms with Crippen LogP contribution < -0.4 is 4.74 Å². The van der Waals surface area contributed by atoms with E-state index in [1.54, 1.807) is 19.0 Å². The number of nitrogens with zero attached hydrogens (tertiary/aromatic N) is 2. The topological polar surface area (TPSA) is 32.8 Å². The fourth-order valence-corrected chi connectivity index (χ4v) is 1.91. The first-order valence-corrected chi connectivity index (χ1v) is 7.13. The number of halogens is 1. The van der Waals surface area contributed by atoms with Crippen molar-refractivity contribution < 1.29 is 9.53 Å². The molecule has 0 atom stereocenters. The number of ether oxygens (including phenoxy) is 1. The van der Waals surface area contributed by atoms with Crippen molar-refractivity contribution in [2.24, 2.45) is 0 Å². The molecule has 19 heavy (non-hydrogen) atoms. The molecule has 0 saturated heterocycles. The van der Waals surface area contributed by atoms with Gasteiger partial charge in [0.05, 0.1) is 6.54 Å². The molecule has 0 spiro atoms. The van der Waals surface area contributed by atoms with Crippen molar-refractivity contribution in [3.63, 3.8) is 0 Å². The number of carbonyl (C=O) groups excluding carboxylic acids is 1. The van der Waals surface area contributed by atoms with Crippen LogP contribution >= 0.6 is 15.9 Å². The largest absolute Gasteiger partial charge is 0.492 e. The summed E-state index contributed by atoms with van der Waals surface area (Å²) in [4.78, 5) is 15.3. The first-order valence-electron chi connectivity index (χ1n) is 6.33. The van der Waals surface area contributed by atoms with E-state index in [9.17, 15) is 4.79 Å². The number of hydrogen-bond acceptors (Lipinski definition) is 3. The molecular weight excluding hydrogens is 308 g/mol. The number of hydrogen-bond donors (Lipinski definition) is 0. The molecule has 4 nitrogen and oxygen atoms in total. The molecule has 1 aromatic carbocycles. The molecule has 0 aliphatic heterocycles. The Hall–Kier alpha value is -1.07. The van der Waals surface area contributed by atoms with Gasteiger partial charge in [-0.15, -0.1) is 0 Å². The van der Waals surface area contributed by atoms with Crippen LogP contribution in [0.1, 0.15) is 6.92 Å². The number of benzene rings is 1. The number of carbonyl (C=O) groups is 1. The second-order valence-corrected chi connectivity index (χ2v) is 5.38. The van der Waals surface area contributed by atoms with Gasteiger partial charge in [0, 0.05) is 25.1 Å². The van der Waals surface area contributed by atoms with Gasteiger partial charge < -0.3 is 9.64 Å². The molecule has 0 aliphatic rings. The summed E-state index contributed by atoms with van der Waals surface area (Å²) in [5.41, 5.74) is 0. The minimum absolute atomic E-state index is 0.115. The van der Waals surface area contributed by atoms with E-state index in [4.69, 9.17) is 4.74 Å². The Bertz CT molecular complexity index is 410. The van der Waals surface area contributed by atoms with Gasteiger partial charge >= 0.3 is 0 Å². The summed E-state index contributed by atoms with van der Waals surface area (Å²) in [7, 11) is 3.54. The highest BCUT2D eigenvalue weighted by Crippen LogP contribution is 2.17. The van der Waals surface area contributed by atoms with Crippen molar-refractivity contribution in [2.45, 2.75) is 6.92 Å². The van der Waals surface area contributed by atoms with E-state index in [1.807, 2.05) is 31.2 Å². The molecule has 1 amide bonds. The maximum absolute atomic E-state index is 11.6. The van der Waals surface area contributed by atoms with Gasteiger partial charge in [0.2, 0.25) is 5.91 Å². The highest BCUT2D eigenvalue weighted by Gasteiger charge is 2.10. The normalized spacial score (nSPS) is 10.6. The van der Waals surface area contributed by atoms with Crippen LogP contribution in [0.4, 0.5) is 0 Å². The lowest BCUT2D eigenvalue weighted by Crippen LogP contribution is -2.38. The maximum atomic E-state index is 11.6. The Kier molecular flexibility index (Phi) is 6.87.